The predicted molar refractivity (Wildman–Crippen MR) is 94.0 cm³/mol. The molecule has 138 valence electrons. The molecule has 1 saturated heterocycles. The number of piperidine rings is 1. The first-order chi connectivity index (χ1) is 12.6. The third-order valence-corrected chi connectivity index (χ3v) is 5.56. The lowest BCUT2D eigenvalue weighted by Crippen LogP contribution is -2.41. The minimum absolute atomic E-state index is 0.181. The number of hydrogen-bond donors (Lipinski definition) is 1. The molecule has 0 unspecified atom stereocenters. The first-order valence-electron chi connectivity index (χ1n) is 9.37. The number of carbonyl (C=O) groups is 1. The second-order valence-corrected chi connectivity index (χ2v) is 7.36. The van der Waals surface area contributed by atoms with E-state index in [0.29, 0.717) is 36.9 Å². The zero-order valence-electron chi connectivity index (χ0n) is 14.8. The highest BCUT2D eigenvalue weighted by atomic mass is 16.5. The van der Waals surface area contributed by atoms with E-state index in [1.807, 2.05) is 17.0 Å². The summed E-state index contributed by atoms with van der Waals surface area (Å²) in [6.07, 6.45) is 8.85. The number of nitrogens with zero attached hydrogens (tertiary/aromatic N) is 4. The standard InChI is InChI=1S/C19H24N4O3/c24-17(23-12-6-15(7-13-23)19(25)8-9-19)3-1-2-16-21-18(22-26-16)14-4-10-20-11-5-14/h4-5,10-11,15,25H,1-3,6-9,12-13H2. The van der Waals surface area contributed by atoms with Crippen molar-refractivity contribution in [3.05, 3.63) is 30.4 Å². The molecular weight excluding hydrogens is 332 g/mol. The predicted octanol–water partition coefficient (Wildman–Crippen LogP) is 2.22. The third-order valence-electron chi connectivity index (χ3n) is 5.56. The molecule has 3 heterocycles. The number of rotatable bonds is 6. The summed E-state index contributed by atoms with van der Waals surface area (Å²) in [4.78, 5) is 22.7. The highest BCUT2D eigenvalue weighted by Gasteiger charge is 2.48. The number of hydrogen-bond acceptors (Lipinski definition) is 6. The average Bonchev–Trinajstić information content (AvgIpc) is 3.26. The average molecular weight is 356 g/mol. The van der Waals surface area contributed by atoms with Crippen LogP contribution in [0.5, 0.6) is 0 Å². The maximum Gasteiger partial charge on any atom is 0.226 e. The molecule has 26 heavy (non-hydrogen) atoms. The van der Waals surface area contributed by atoms with Gasteiger partial charge in [0.2, 0.25) is 17.6 Å². The Bertz CT molecular complexity index is 749. The van der Waals surface area contributed by atoms with Crippen molar-refractivity contribution in [2.75, 3.05) is 13.1 Å². The molecule has 7 nitrogen and oxygen atoms in total. The van der Waals surface area contributed by atoms with E-state index in [-0.39, 0.29) is 5.91 Å². The topological polar surface area (TPSA) is 92.3 Å². The van der Waals surface area contributed by atoms with E-state index >= 15 is 0 Å². The molecule has 7 heteroatoms. The van der Waals surface area contributed by atoms with Gasteiger partial charge >= 0.3 is 0 Å². The maximum atomic E-state index is 12.4. The van der Waals surface area contributed by atoms with Crippen molar-refractivity contribution in [2.45, 2.75) is 50.5 Å². The van der Waals surface area contributed by atoms with Crippen LogP contribution in [-0.2, 0) is 11.2 Å². The van der Waals surface area contributed by atoms with Crippen molar-refractivity contribution < 1.29 is 14.4 Å². The Labute approximate surface area is 152 Å². The highest BCUT2D eigenvalue weighted by Crippen LogP contribution is 2.46. The van der Waals surface area contributed by atoms with Crippen LogP contribution in [0.25, 0.3) is 11.4 Å². The lowest BCUT2D eigenvalue weighted by molar-refractivity contribution is -0.133. The van der Waals surface area contributed by atoms with Gasteiger partial charge in [-0.15, -0.1) is 0 Å². The summed E-state index contributed by atoms with van der Waals surface area (Å²) < 4.78 is 5.27. The summed E-state index contributed by atoms with van der Waals surface area (Å²) in [5.41, 5.74) is 0.450. The van der Waals surface area contributed by atoms with Crippen LogP contribution in [0.1, 0.15) is 44.4 Å². The van der Waals surface area contributed by atoms with Crippen LogP contribution < -0.4 is 0 Å². The molecule has 1 aliphatic heterocycles. The highest BCUT2D eigenvalue weighted by molar-refractivity contribution is 5.76. The fraction of sp³-hybridized carbons (Fsp3) is 0.579. The van der Waals surface area contributed by atoms with Crippen LogP contribution in [0.2, 0.25) is 0 Å². The summed E-state index contributed by atoms with van der Waals surface area (Å²) in [5.74, 6) is 1.66. The number of aryl methyl sites for hydroxylation is 1. The molecule has 4 rings (SSSR count). The number of likely N-dealkylation sites (tertiary alicyclic amines) is 1. The summed E-state index contributed by atoms with van der Waals surface area (Å²) in [6.45, 7) is 1.52. The Morgan fingerprint density at radius 3 is 2.69 bits per heavy atom. The molecule has 0 aromatic carbocycles. The van der Waals surface area contributed by atoms with E-state index in [1.54, 1.807) is 12.4 Å². The van der Waals surface area contributed by atoms with Gasteiger partial charge < -0.3 is 14.5 Å². The summed E-state index contributed by atoms with van der Waals surface area (Å²) in [7, 11) is 0. The molecule has 1 saturated carbocycles. The molecular formula is C19H24N4O3. The zero-order chi connectivity index (χ0) is 18.0. The van der Waals surface area contributed by atoms with E-state index in [1.165, 1.54) is 0 Å². The fourth-order valence-electron chi connectivity index (χ4n) is 3.73. The Kier molecular flexibility index (Phi) is 4.72. The van der Waals surface area contributed by atoms with Gasteiger partial charge in [0.05, 0.1) is 5.60 Å². The first kappa shape index (κ1) is 17.1. The molecule has 0 atom stereocenters. The summed E-state index contributed by atoms with van der Waals surface area (Å²) >= 11 is 0. The van der Waals surface area contributed by atoms with E-state index in [9.17, 15) is 9.90 Å². The number of aromatic nitrogens is 3. The maximum absolute atomic E-state index is 12.4. The van der Waals surface area contributed by atoms with Crippen LogP contribution in [-0.4, -0.2) is 49.7 Å². The Morgan fingerprint density at radius 2 is 2.00 bits per heavy atom. The van der Waals surface area contributed by atoms with Gasteiger partial charge in [-0.1, -0.05) is 5.16 Å². The van der Waals surface area contributed by atoms with Crippen molar-refractivity contribution in [2.24, 2.45) is 5.92 Å². The van der Waals surface area contributed by atoms with Crippen molar-refractivity contribution in [1.29, 1.82) is 0 Å². The van der Waals surface area contributed by atoms with Crippen molar-refractivity contribution >= 4 is 5.91 Å². The number of carbonyl (C=O) groups excluding carboxylic acids is 1. The minimum Gasteiger partial charge on any atom is -0.390 e. The van der Waals surface area contributed by atoms with E-state index in [4.69, 9.17) is 4.52 Å². The zero-order valence-corrected chi connectivity index (χ0v) is 14.8. The van der Waals surface area contributed by atoms with Crippen LogP contribution in [0.3, 0.4) is 0 Å². The van der Waals surface area contributed by atoms with Gasteiger partial charge in [-0.3, -0.25) is 9.78 Å². The normalized spacial score (nSPS) is 19.5. The van der Waals surface area contributed by atoms with Crippen molar-refractivity contribution in [3.63, 3.8) is 0 Å². The molecule has 0 spiro atoms. The second kappa shape index (κ2) is 7.15. The summed E-state index contributed by atoms with van der Waals surface area (Å²) in [6, 6.07) is 3.67. The van der Waals surface area contributed by atoms with Crippen LogP contribution in [0.15, 0.2) is 29.0 Å². The van der Waals surface area contributed by atoms with Gasteiger partial charge in [0.1, 0.15) is 0 Å². The quantitative estimate of drug-likeness (QED) is 0.853. The molecule has 2 fully saturated rings. The fourth-order valence-corrected chi connectivity index (χ4v) is 3.73. The molecule has 1 amide bonds. The van der Waals surface area contributed by atoms with Crippen molar-refractivity contribution in [1.82, 2.24) is 20.0 Å². The van der Waals surface area contributed by atoms with Gasteiger partial charge in [-0.2, -0.15) is 4.98 Å². The molecule has 2 aromatic heterocycles. The van der Waals surface area contributed by atoms with Crippen LogP contribution >= 0.6 is 0 Å². The van der Waals surface area contributed by atoms with Gasteiger partial charge in [-0.25, -0.2) is 0 Å². The summed E-state index contributed by atoms with van der Waals surface area (Å²) in [5, 5.41) is 14.2. The number of pyridine rings is 1. The second-order valence-electron chi connectivity index (χ2n) is 7.36. The molecule has 2 aromatic rings. The van der Waals surface area contributed by atoms with Gasteiger partial charge in [0.15, 0.2) is 0 Å². The Hall–Kier alpha value is -2.28. The molecule has 2 aliphatic rings. The molecule has 0 bridgehead atoms. The van der Waals surface area contributed by atoms with E-state index in [0.717, 1.165) is 44.3 Å². The SMILES string of the molecule is O=C(CCCc1nc(-c2ccncc2)no1)N1CCC(C2(O)CC2)CC1. The first-order valence-corrected chi connectivity index (χ1v) is 9.37. The van der Waals surface area contributed by atoms with Gasteiger partial charge in [0.25, 0.3) is 0 Å². The molecule has 0 radical (unpaired) electrons. The van der Waals surface area contributed by atoms with Crippen molar-refractivity contribution in [3.8, 4) is 11.4 Å². The minimum atomic E-state index is -0.417. The lowest BCUT2D eigenvalue weighted by atomic mass is 9.89. The van der Waals surface area contributed by atoms with Gasteiger partial charge in [-0.05, 0) is 50.2 Å². The largest absolute Gasteiger partial charge is 0.390 e. The van der Waals surface area contributed by atoms with Crippen LogP contribution in [0.4, 0.5) is 0 Å². The number of aliphatic hydroxyl groups is 1. The molecule has 1 N–H and O–H groups in total. The Balaban J connectivity index is 1.21. The number of amides is 1. The smallest absolute Gasteiger partial charge is 0.226 e. The lowest BCUT2D eigenvalue weighted by Gasteiger charge is -2.34. The third kappa shape index (κ3) is 3.77. The van der Waals surface area contributed by atoms with Crippen LogP contribution in [0, 0.1) is 5.92 Å². The monoisotopic (exact) mass is 356 g/mol. The van der Waals surface area contributed by atoms with E-state index < -0.39 is 5.60 Å². The molecule has 1 aliphatic carbocycles. The van der Waals surface area contributed by atoms with Gasteiger partial charge in [0, 0.05) is 43.9 Å². The van der Waals surface area contributed by atoms with E-state index in [2.05, 4.69) is 15.1 Å². The Morgan fingerprint density at radius 1 is 1.27 bits per heavy atom.